The van der Waals surface area contributed by atoms with Gasteiger partial charge in [0.25, 0.3) is 0 Å². The molecule has 2 rings (SSSR count). The average molecular weight is 291 g/mol. The molecule has 0 heterocycles. The Morgan fingerprint density at radius 3 is 2.85 bits per heavy atom. The second-order valence-electron chi connectivity index (χ2n) is 4.77. The van der Waals surface area contributed by atoms with Gasteiger partial charge in [0.05, 0.1) is 10.5 Å². The van der Waals surface area contributed by atoms with Crippen LogP contribution in [0.1, 0.15) is 31.2 Å². The van der Waals surface area contributed by atoms with Crippen LogP contribution < -0.4 is 10.5 Å². The molecule has 1 aliphatic carbocycles. The van der Waals surface area contributed by atoms with Crippen molar-refractivity contribution in [3.63, 3.8) is 0 Å². The normalized spacial score (nSPS) is 14.8. The monoisotopic (exact) mass is 291 g/mol. The smallest absolute Gasteiger partial charge is 0.241 e. The van der Waals surface area contributed by atoms with Gasteiger partial charge in [-0.1, -0.05) is 11.6 Å². The molecule has 0 aromatic heterocycles. The molecular formula is C14H17N3O2S. The van der Waals surface area contributed by atoms with Crippen molar-refractivity contribution in [3.8, 4) is 6.07 Å². The van der Waals surface area contributed by atoms with Gasteiger partial charge in [0, 0.05) is 12.2 Å². The summed E-state index contributed by atoms with van der Waals surface area (Å²) in [7, 11) is -3.67. The molecular weight excluding hydrogens is 274 g/mol. The maximum Gasteiger partial charge on any atom is 0.241 e. The summed E-state index contributed by atoms with van der Waals surface area (Å²) in [6.45, 7) is 0.351. The van der Waals surface area contributed by atoms with Crippen LogP contribution in [-0.2, 0) is 10.0 Å². The van der Waals surface area contributed by atoms with Crippen molar-refractivity contribution in [3.05, 3.63) is 35.4 Å². The van der Waals surface area contributed by atoms with Crippen molar-refractivity contribution in [2.45, 2.75) is 30.6 Å². The van der Waals surface area contributed by atoms with Gasteiger partial charge < -0.3 is 5.73 Å². The van der Waals surface area contributed by atoms with E-state index >= 15 is 0 Å². The van der Waals surface area contributed by atoms with E-state index in [4.69, 9.17) is 11.0 Å². The molecule has 0 spiro atoms. The lowest BCUT2D eigenvalue weighted by molar-refractivity contribution is 0.581. The number of sulfonamides is 1. The van der Waals surface area contributed by atoms with Crippen LogP contribution in [0.25, 0.3) is 0 Å². The maximum absolute atomic E-state index is 12.2. The number of nitrogens with one attached hydrogen (secondary N) is 1. The number of anilines is 1. The van der Waals surface area contributed by atoms with E-state index in [1.807, 2.05) is 6.07 Å². The minimum atomic E-state index is -3.67. The van der Waals surface area contributed by atoms with Crippen LogP contribution in [0.15, 0.2) is 34.7 Å². The molecule has 0 amide bonds. The number of hydrogen-bond acceptors (Lipinski definition) is 4. The molecule has 0 saturated heterocycles. The average Bonchev–Trinajstić information content (AvgIpc) is 2.91. The fraction of sp³-hybridized carbons (Fsp3) is 0.357. The van der Waals surface area contributed by atoms with Crippen molar-refractivity contribution >= 4 is 15.7 Å². The number of nitrogen functional groups attached to an aromatic ring is 1. The van der Waals surface area contributed by atoms with Crippen molar-refractivity contribution in [2.24, 2.45) is 0 Å². The number of nitrogens with zero attached hydrogens (tertiary/aromatic N) is 1. The van der Waals surface area contributed by atoms with E-state index in [2.05, 4.69) is 10.8 Å². The summed E-state index contributed by atoms with van der Waals surface area (Å²) in [6, 6.07) is 6.08. The van der Waals surface area contributed by atoms with Crippen molar-refractivity contribution in [1.82, 2.24) is 4.72 Å². The molecule has 0 atom stereocenters. The van der Waals surface area contributed by atoms with Gasteiger partial charge in [0.1, 0.15) is 6.07 Å². The molecule has 3 N–H and O–H groups in total. The van der Waals surface area contributed by atoms with Crippen LogP contribution >= 0.6 is 0 Å². The minimum Gasteiger partial charge on any atom is -0.399 e. The fourth-order valence-corrected chi connectivity index (χ4v) is 3.43. The second kappa shape index (κ2) is 6.07. The molecule has 1 aliphatic rings. The molecule has 106 valence electrons. The third kappa shape index (κ3) is 3.38. The second-order valence-corrected chi connectivity index (χ2v) is 6.51. The Hall–Kier alpha value is -1.84. The zero-order chi connectivity index (χ0) is 14.6. The Bertz CT molecular complexity index is 672. The van der Waals surface area contributed by atoms with Crippen LogP contribution in [0, 0.1) is 11.3 Å². The largest absolute Gasteiger partial charge is 0.399 e. The zero-order valence-corrected chi connectivity index (χ0v) is 11.9. The molecule has 1 aromatic carbocycles. The van der Waals surface area contributed by atoms with Crippen LogP contribution in [-0.4, -0.2) is 15.0 Å². The Balaban J connectivity index is 2.08. The summed E-state index contributed by atoms with van der Waals surface area (Å²) in [5.74, 6) is 0. The van der Waals surface area contributed by atoms with Crippen LogP contribution in [0.3, 0.4) is 0 Å². The lowest BCUT2D eigenvalue weighted by atomic mass is 10.2. The SMILES string of the molecule is N#Cc1cc(N)ccc1S(=O)(=O)NCCC1=CCCC1. The van der Waals surface area contributed by atoms with Crippen molar-refractivity contribution in [1.29, 1.82) is 5.26 Å². The van der Waals surface area contributed by atoms with E-state index in [-0.39, 0.29) is 10.5 Å². The van der Waals surface area contributed by atoms with E-state index in [0.29, 0.717) is 12.2 Å². The number of hydrogen-bond donors (Lipinski definition) is 2. The Kier molecular flexibility index (Phi) is 4.42. The first-order valence-electron chi connectivity index (χ1n) is 6.50. The van der Waals surface area contributed by atoms with Gasteiger partial charge in [0.2, 0.25) is 10.0 Å². The summed E-state index contributed by atoms with van der Waals surface area (Å²) < 4.78 is 26.9. The lowest BCUT2D eigenvalue weighted by Gasteiger charge is -2.09. The zero-order valence-electron chi connectivity index (χ0n) is 11.1. The molecule has 6 heteroatoms. The van der Waals surface area contributed by atoms with Crippen LogP contribution in [0.4, 0.5) is 5.69 Å². The maximum atomic E-state index is 12.2. The molecule has 0 radical (unpaired) electrons. The molecule has 0 unspecified atom stereocenters. The van der Waals surface area contributed by atoms with Crippen molar-refractivity contribution in [2.75, 3.05) is 12.3 Å². The Morgan fingerprint density at radius 2 is 2.20 bits per heavy atom. The predicted molar refractivity (Wildman–Crippen MR) is 77.3 cm³/mol. The Morgan fingerprint density at radius 1 is 1.40 bits per heavy atom. The van der Waals surface area contributed by atoms with E-state index in [0.717, 1.165) is 25.7 Å². The number of allylic oxidation sites excluding steroid dienone is 1. The highest BCUT2D eigenvalue weighted by Crippen LogP contribution is 2.21. The molecule has 0 fully saturated rings. The molecule has 1 aromatic rings. The van der Waals surface area contributed by atoms with E-state index in [1.165, 1.54) is 23.8 Å². The third-order valence-corrected chi connectivity index (χ3v) is 4.81. The summed E-state index contributed by atoms with van der Waals surface area (Å²) in [4.78, 5) is -0.0189. The van der Waals surface area contributed by atoms with Crippen LogP contribution in [0.2, 0.25) is 0 Å². The third-order valence-electron chi connectivity index (χ3n) is 3.29. The van der Waals surface area contributed by atoms with Gasteiger partial charge >= 0.3 is 0 Å². The number of benzene rings is 1. The summed E-state index contributed by atoms with van der Waals surface area (Å²) in [5.41, 5.74) is 7.29. The standard InChI is InChI=1S/C14H17N3O2S/c15-10-12-9-13(16)5-6-14(12)20(18,19)17-8-7-11-3-1-2-4-11/h3,5-6,9,17H,1-2,4,7-8,16H2. The minimum absolute atomic E-state index is 0.0189. The van der Waals surface area contributed by atoms with Crippen LogP contribution in [0.5, 0.6) is 0 Å². The number of rotatable bonds is 5. The lowest BCUT2D eigenvalue weighted by Crippen LogP contribution is -2.25. The number of nitrogens with two attached hydrogens (primary N) is 1. The van der Waals surface area contributed by atoms with Gasteiger partial charge in [-0.2, -0.15) is 5.26 Å². The molecule has 0 saturated carbocycles. The predicted octanol–water partition coefficient (Wildman–Crippen LogP) is 1.92. The fourth-order valence-electron chi connectivity index (χ4n) is 2.26. The van der Waals surface area contributed by atoms with E-state index in [1.54, 1.807) is 0 Å². The highest BCUT2D eigenvalue weighted by Gasteiger charge is 2.18. The summed E-state index contributed by atoms with van der Waals surface area (Å²) in [6.07, 6.45) is 6.17. The number of nitriles is 1. The quantitative estimate of drug-likeness (QED) is 0.640. The first-order valence-corrected chi connectivity index (χ1v) is 7.98. The molecule has 5 nitrogen and oxygen atoms in total. The highest BCUT2D eigenvalue weighted by molar-refractivity contribution is 7.89. The van der Waals surface area contributed by atoms with Gasteiger partial charge in [-0.05, 0) is 43.9 Å². The molecule has 0 aliphatic heterocycles. The topological polar surface area (TPSA) is 96.0 Å². The Labute approximate surface area is 119 Å². The van der Waals surface area contributed by atoms with Gasteiger partial charge in [-0.3, -0.25) is 0 Å². The van der Waals surface area contributed by atoms with E-state index < -0.39 is 10.0 Å². The van der Waals surface area contributed by atoms with E-state index in [9.17, 15) is 8.42 Å². The van der Waals surface area contributed by atoms with Gasteiger partial charge in [-0.25, -0.2) is 13.1 Å². The summed E-state index contributed by atoms with van der Waals surface area (Å²) in [5, 5.41) is 9.00. The molecule has 0 bridgehead atoms. The first kappa shape index (κ1) is 14.6. The van der Waals surface area contributed by atoms with Gasteiger partial charge in [-0.15, -0.1) is 0 Å². The first-order chi connectivity index (χ1) is 9.53. The van der Waals surface area contributed by atoms with Gasteiger partial charge in [0.15, 0.2) is 0 Å². The highest BCUT2D eigenvalue weighted by atomic mass is 32.2. The van der Waals surface area contributed by atoms with Crippen molar-refractivity contribution < 1.29 is 8.42 Å². The molecule has 20 heavy (non-hydrogen) atoms. The summed E-state index contributed by atoms with van der Waals surface area (Å²) >= 11 is 0.